The van der Waals surface area contributed by atoms with Crippen molar-refractivity contribution in [3.63, 3.8) is 0 Å². The normalized spacial score (nSPS) is 13.2. The molecule has 0 rings (SSSR count). The lowest BCUT2D eigenvalue weighted by Crippen LogP contribution is -1.98. The first-order chi connectivity index (χ1) is 3.81. The van der Waals surface area contributed by atoms with E-state index >= 15 is 0 Å². The molecule has 0 aromatic heterocycles. The van der Waals surface area contributed by atoms with Gasteiger partial charge in [-0.05, 0) is 12.8 Å². The Bertz CT molecular complexity index is 63.5. The van der Waals surface area contributed by atoms with Crippen molar-refractivity contribution in [3.8, 4) is 0 Å². The number of halogens is 2. The summed E-state index contributed by atoms with van der Waals surface area (Å²) in [5.41, 5.74) is 0. The lowest BCUT2D eigenvalue weighted by molar-refractivity contribution is 0.351. The summed E-state index contributed by atoms with van der Waals surface area (Å²) in [6.45, 7) is 3.48. The van der Waals surface area contributed by atoms with E-state index in [2.05, 4.69) is 22.5 Å². The Morgan fingerprint density at radius 2 is 2.38 bits per heavy atom. The molecule has 0 radical (unpaired) electrons. The smallest absolute Gasteiger partial charge is 0.110 e. The summed E-state index contributed by atoms with van der Waals surface area (Å²) < 4.78 is 12.2. The fourth-order valence-electron chi connectivity index (χ4n) is 0.376. The Hall–Kier alpha value is 0.150. The van der Waals surface area contributed by atoms with Crippen LogP contribution in [0.3, 0.4) is 0 Å². The Balaban J connectivity index is 2.97. The highest BCUT2D eigenvalue weighted by molar-refractivity contribution is 9.09. The highest BCUT2D eigenvalue weighted by atomic mass is 79.9. The molecule has 48 valence electrons. The van der Waals surface area contributed by atoms with Crippen LogP contribution >= 0.6 is 15.9 Å². The van der Waals surface area contributed by atoms with E-state index in [4.69, 9.17) is 0 Å². The zero-order valence-electron chi connectivity index (χ0n) is 4.74. The van der Waals surface area contributed by atoms with Crippen LogP contribution in [-0.4, -0.2) is 11.5 Å². The SMILES string of the molecule is C=CCC[C@@H](F)CBr. The summed E-state index contributed by atoms with van der Waals surface area (Å²) in [6.07, 6.45) is 2.39. The number of hydrogen-bond acceptors (Lipinski definition) is 0. The van der Waals surface area contributed by atoms with Gasteiger partial charge >= 0.3 is 0 Å². The third-order valence-electron chi connectivity index (χ3n) is 0.851. The first-order valence-corrected chi connectivity index (χ1v) is 3.74. The van der Waals surface area contributed by atoms with E-state index in [0.717, 1.165) is 6.42 Å². The number of rotatable bonds is 4. The van der Waals surface area contributed by atoms with Crippen LogP contribution in [0.2, 0.25) is 0 Å². The molecule has 0 fully saturated rings. The third kappa shape index (κ3) is 4.31. The van der Waals surface area contributed by atoms with Gasteiger partial charge in [-0.1, -0.05) is 22.0 Å². The van der Waals surface area contributed by atoms with Gasteiger partial charge < -0.3 is 0 Å². The predicted octanol–water partition coefficient (Wildman–Crippen LogP) is 2.69. The van der Waals surface area contributed by atoms with Crippen LogP contribution in [0.4, 0.5) is 4.39 Å². The molecule has 0 N–H and O–H groups in total. The highest BCUT2D eigenvalue weighted by Gasteiger charge is 1.99. The first-order valence-electron chi connectivity index (χ1n) is 2.62. The molecule has 0 unspecified atom stereocenters. The molecule has 0 bridgehead atoms. The molecule has 2 heteroatoms. The Morgan fingerprint density at radius 3 is 2.75 bits per heavy atom. The second-order valence-corrected chi connectivity index (χ2v) is 2.27. The van der Waals surface area contributed by atoms with Crippen molar-refractivity contribution in [2.24, 2.45) is 0 Å². The minimum Gasteiger partial charge on any atom is -0.247 e. The average molecular weight is 181 g/mol. The van der Waals surface area contributed by atoms with Gasteiger partial charge in [0, 0.05) is 5.33 Å². The molecule has 0 aliphatic heterocycles. The van der Waals surface area contributed by atoms with Gasteiger partial charge in [-0.15, -0.1) is 6.58 Å². The second kappa shape index (κ2) is 5.29. The second-order valence-electron chi connectivity index (χ2n) is 1.62. The molecular formula is C6H10BrF. The molecule has 0 amide bonds. The molecule has 0 aliphatic rings. The summed E-state index contributed by atoms with van der Waals surface area (Å²) in [4.78, 5) is 0. The van der Waals surface area contributed by atoms with Crippen LogP contribution in [0.25, 0.3) is 0 Å². The maximum Gasteiger partial charge on any atom is 0.110 e. The fraction of sp³-hybridized carbons (Fsp3) is 0.667. The molecule has 0 aromatic carbocycles. The summed E-state index contributed by atoms with van der Waals surface area (Å²) in [7, 11) is 0. The summed E-state index contributed by atoms with van der Waals surface area (Å²) >= 11 is 3.04. The van der Waals surface area contributed by atoms with Crippen LogP contribution in [0, 0.1) is 0 Å². The zero-order chi connectivity index (χ0) is 6.41. The summed E-state index contributed by atoms with van der Waals surface area (Å²) in [5, 5.41) is 0.445. The van der Waals surface area contributed by atoms with Crippen LogP contribution in [0.15, 0.2) is 12.7 Å². The van der Waals surface area contributed by atoms with Gasteiger partial charge in [0.05, 0.1) is 0 Å². The highest BCUT2D eigenvalue weighted by Crippen LogP contribution is 2.04. The average Bonchev–Trinajstić information content (AvgIpc) is 1.83. The molecule has 0 saturated heterocycles. The molecule has 0 nitrogen and oxygen atoms in total. The minimum atomic E-state index is -0.701. The molecule has 1 atom stereocenters. The Morgan fingerprint density at radius 1 is 1.75 bits per heavy atom. The zero-order valence-corrected chi connectivity index (χ0v) is 6.33. The van der Waals surface area contributed by atoms with Gasteiger partial charge in [-0.2, -0.15) is 0 Å². The van der Waals surface area contributed by atoms with Gasteiger partial charge in [-0.3, -0.25) is 0 Å². The number of alkyl halides is 2. The molecule has 0 spiro atoms. The molecule has 0 aromatic rings. The van der Waals surface area contributed by atoms with E-state index in [1.54, 1.807) is 6.08 Å². The van der Waals surface area contributed by atoms with Crippen LogP contribution in [-0.2, 0) is 0 Å². The molecule has 0 heterocycles. The van der Waals surface area contributed by atoms with Crippen LogP contribution < -0.4 is 0 Å². The monoisotopic (exact) mass is 180 g/mol. The molecule has 0 aliphatic carbocycles. The van der Waals surface area contributed by atoms with Crippen molar-refractivity contribution < 1.29 is 4.39 Å². The van der Waals surface area contributed by atoms with Crippen LogP contribution in [0.1, 0.15) is 12.8 Å². The van der Waals surface area contributed by atoms with E-state index in [0.29, 0.717) is 11.8 Å². The molecule has 0 saturated carbocycles. The number of hydrogen-bond donors (Lipinski definition) is 0. The molecule has 8 heavy (non-hydrogen) atoms. The number of allylic oxidation sites excluding steroid dienone is 1. The van der Waals surface area contributed by atoms with Gasteiger partial charge in [-0.25, -0.2) is 4.39 Å². The van der Waals surface area contributed by atoms with Crippen molar-refractivity contribution in [2.45, 2.75) is 19.0 Å². The quantitative estimate of drug-likeness (QED) is 0.462. The maximum absolute atomic E-state index is 12.2. The minimum absolute atomic E-state index is 0.445. The summed E-state index contributed by atoms with van der Waals surface area (Å²) in [5.74, 6) is 0. The van der Waals surface area contributed by atoms with E-state index in [9.17, 15) is 4.39 Å². The Labute approximate surface area is 57.9 Å². The van der Waals surface area contributed by atoms with Crippen molar-refractivity contribution >= 4 is 15.9 Å². The van der Waals surface area contributed by atoms with Crippen LogP contribution in [0.5, 0.6) is 0 Å². The van der Waals surface area contributed by atoms with E-state index < -0.39 is 6.17 Å². The van der Waals surface area contributed by atoms with Gasteiger partial charge in [0.25, 0.3) is 0 Å². The van der Waals surface area contributed by atoms with Gasteiger partial charge in [0.15, 0.2) is 0 Å². The van der Waals surface area contributed by atoms with Crippen molar-refractivity contribution in [2.75, 3.05) is 5.33 Å². The predicted molar refractivity (Wildman–Crippen MR) is 38.1 cm³/mol. The lowest BCUT2D eigenvalue weighted by Gasteiger charge is -1.97. The van der Waals surface area contributed by atoms with Gasteiger partial charge in [0.1, 0.15) is 6.17 Å². The lowest BCUT2D eigenvalue weighted by atomic mass is 10.2. The largest absolute Gasteiger partial charge is 0.247 e. The van der Waals surface area contributed by atoms with Crippen molar-refractivity contribution in [3.05, 3.63) is 12.7 Å². The standard InChI is InChI=1S/C6H10BrF/c1-2-3-4-6(8)5-7/h2,6H,1,3-5H2/t6-/m1/s1. The van der Waals surface area contributed by atoms with E-state index in [1.807, 2.05) is 0 Å². The summed E-state index contributed by atoms with van der Waals surface area (Å²) in [6, 6.07) is 0. The molecular weight excluding hydrogens is 171 g/mol. The van der Waals surface area contributed by atoms with Crippen molar-refractivity contribution in [1.29, 1.82) is 0 Å². The fourth-order valence-corrected chi connectivity index (χ4v) is 0.700. The van der Waals surface area contributed by atoms with E-state index in [1.165, 1.54) is 0 Å². The van der Waals surface area contributed by atoms with E-state index in [-0.39, 0.29) is 0 Å². The maximum atomic E-state index is 12.2. The van der Waals surface area contributed by atoms with Gasteiger partial charge in [0.2, 0.25) is 0 Å². The Kier molecular flexibility index (Phi) is 5.39. The van der Waals surface area contributed by atoms with Crippen molar-refractivity contribution in [1.82, 2.24) is 0 Å². The third-order valence-corrected chi connectivity index (χ3v) is 1.55. The first kappa shape index (κ1) is 8.15. The topological polar surface area (TPSA) is 0 Å².